The van der Waals surface area contributed by atoms with Crippen molar-refractivity contribution in [2.75, 3.05) is 25.1 Å². The maximum atomic E-state index is 12.6. The van der Waals surface area contributed by atoms with E-state index in [1.54, 1.807) is 7.11 Å². The molecule has 0 amide bonds. The Morgan fingerprint density at radius 2 is 2.04 bits per heavy atom. The van der Waals surface area contributed by atoms with Crippen LogP contribution in [0.1, 0.15) is 54.8 Å². The Morgan fingerprint density at radius 3 is 2.62 bits per heavy atom. The number of Topliss-reactive ketones (excluding diaryl/α,β-unsaturated/α-hetero) is 1. The lowest BCUT2D eigenvalue weighted by atomic mass is 9.91. The first-order valence-electron chi connectivity index (χ1n) is 9.08. The largest absolute Gasteiger partial charge is 0.378 e. The van der Waals surface area contributed by atoms with E-state index in [9.17, 15) is 4.79 Å². The van der Waals surface area contributed by atoms with Gasteiger partial charge in [-0.25, -0.2) is 9.97 Å². The average Bonchev–Trinajstić information content (AvgIpc) is 3.15. The van der Waals surface area contributed by atoms with Gasteiger partial charge in [-0.2, -0.15) is 0 Å². The van der Waals surface area contributed by atoms with Crippen molar-refractivity contribution in [2.45, 2.75) is 45.6 Å². The van der Waals surface area contributed by atoms with Gasteiger partial charge in [0.1, 0.15) is 11.6 Å². The number of piperidine rings is 1. The fraction of sp³-hybridized carbons (Fsp3) is 0.550. The van der Waals surface area contributed by atoms with Gasteiger partial charge in [-0.15, -0.1) is 11.3 Å². The number of thiophene rings is 1. The number of rotatable bonds is 5. The predicted molar refractivity (Wildman–Crippen MR) is 105 cm³/mol. The molecule has 0 saturated carbocycles. The normalized spacial score (nSPS) is 16.1. The maximum absolute atomic E-state index is 12.6. The smallest absolute Gasteiger partial charge is 0.175 e. The molecule has 0 aliphatic carbocycles. The Kier molecular flexibility index (Phi) is 5.73. The van der Waals surface area contributed by atoms with E-state index in [2.05, 4.69) is 30.7 Å². The number of ketones is 1. The third-order valence-electron chi connectivity index (χ3n) is 4.68. The number of hydrogen-bond donors (Lipinski definition) is 0. The van der Waals surface area contributed by atoms with Crippen molar-refractivity contribution in [1.82, 2.24) is 9.97 Å². The van der Waals surface area contributed by atoms with Crippen molar-refractivity contribution in [3.05, 3.63) is 40.0 Å². The Balaban J connectivity index is 1.74. The van der Waals surface area contributed by atoms with E-state index in [0.29, 0.717) is 6.61 Å². The lowest BCUT2D eigenvalue weighted by molar-refractivity contribution is 0.0904. The maximum Gasteiger partial charge on any atom is 0.175 e. The number of carbonyl (C=O) groups is 1. The van der Waals surface area contributed by atoms with Crippen LogP contribution >= 0.6 is 11.3 Å². The van der Waals surface area contributed by atoms with Gasteiger partial charge in [-0.1, -0.05) is 26.8 Å². The molecule has 0 spiro atoms. The van der Waals surface area contributed by atoms with Gasteiger partial charge < -0.3 is 9.64 Å². The first kappa shape index (κ1) is 19.0. The van der Waals surface area contributed by atoms with Crippen molar-refractivity contribution >= 4 is 22.9 Å². The monoisotopic (exact) mass is 373 g/mol. The van der Waals surface area contributed by atoms with E-state index in [1.807, 2.05) is 23.6 Å². The van der Waals surface area contributed by atoms with Crippen LogP contribution in [0.5, 0.6) is 0 Å². The highest BCUT2D eigenvalue weighted by Gasteiger charge is 2.28. The van der Waals surface area contributed by atoms with E-state index in [-0.39, 0.29) is 17.1 Å². The van der Waals surface area contributed by atoms with E-state index in [4.69, 9.17) is 9.72 Å². The SMILES string of the molecule is COCc1cc(N2CCC(C(=O)c3cccs3)CC2)nc(C(C)(C)C)n1. The highest BCUT2D eigenvalue weighted by molar-refractivity contribution is 7.12. The predicted octanol–water partition coefficient (Wildman–Crippen LogP) is 4.08. The topological polar surface area (TPSA) is 55.3 Å². The minimum Gasteiger partial charge on any atom is -0.378 e. The van der Waals surface area contributed by atoms with Crippen LogP contribution in [0.3, 0.4) is 0 Å². The number of hydrogen-bond acceptors (Lipinski definition) is 6. The summed E-state index contributed by atoms with van der Waals surface area (Å²) >= 11 is 1.54. The Morgan fingerprint density at radius 1 is 1.31 bits per heavy atom. The van der Waals surface area contributed by atoms with E-state index in [0.717, 1.165) is 48.1 Å². The van der Waals surface area contributed by atoms with Crippen molar-refractivity contribution in [2.24, 2.45) is 5.92 Å². The molecule has 1 fully saturated rings. The molecule has 26 heavy (non-hydrogen) atoms. The molecule has 0 unspecified atom stereocenters. The summed E-state index contributed by atoms with van der Waals surface area (Å²) in [6.45, 7) is 8.52. The summed E-state index contributed by atoms with van der Waals surface area (Å²) in [6, 6.07) is 5.88. The molecule has 0 aromatic carbocycles. The number of ether oxygens (including phenoxy) is 1. The number of nitrogens with zero attached hydrogens (tertiary/aromatic N) is 3. The molecule has 0 radical (unpaired) electrons. The minimum atomic E-state index is -0.119. The van der Waals surface area contributed by atoms with Crippen LogP contribution in [0, 0.1) is 5.92 Å². The molecule has 0 bridgehead atoms. The van der Waals surface area contributed by atoms with E-state index < -0.39 is 0 Å². The first-order valence-corrected chi connectivity index (χ1v) is 9.96. The molecule has 5 nitrogen and oxygen atoms in total. The number of anilines is 1. The van der Waals surface area contributed by atoms with Crippen LogP contribution in [-0.4, -0.2) is 36.0 Å². The molecule has 3 heterocycles. The van der Waals surface area contributed by atoms with E-state index in [1.165, 1.54) is 11.3 Å². The summed E-state index contributed by atoms with van der Waals surface area (Å²) in [5, 5.41) is 1.97. The molecule has 0 N–H and O–H groups in total. The second-order valence-electron chi connectivity index (χ2n) is 7.83. The molecule has 1 saturated heterocycles. The second-order valence-corrected chi connectivity index (χ2v) is 8.77. The van der Waals surface area contributed by atoms with Crippen molar-refractivity contribution in [3.63, 3.8) is 0 Å². The highest BCUT2D eigenvalue weighted by atomic mass is 32.1. The number of methoxy groups -OCH3 is 1. The fourth-order valence-corrected chi connectivity index (χ4v) is 3.94. The third kappa shape index (κ3) is 4.30. The van der Waals surface area contributed by atoms with Crippen LogP contribution in [-0.2, 0) is 16.8 Å². The fourth-order valence-electron chi connectivity index (χ4n) is 3.19. The van der Waals surface area contributed by atoms with Crippen molar-refractivity contribution < 1.29 is 9.53 Å². The van der Waals surface area contributed by atoms with Crippen LogP contribution in [0.4, 0.5) is 5.82 Å². The standard InChI is InChI=1S/C20H27N3O2S/c1-20(2,3)19-21-15(13-25-4)12-17(22-19)23-9-7-14(8-10-23)18(24)16-6-5-11-26-16/h5-6,11-12,14H,7-10,13H2,1-4H3. The van der Waals surface area contributed by atoms with Gasteiger partial charge in [0, 0.05) is 37.6 Å². The minimum absolute atomic E-state index is 0.118. The summed E-state index contributed by atoms with van der Waals surface area (Å²) in [4.78, 5) is 25.2. The van der Waals surface area contributed by atoms with Gasteiger partial charge in [0.05, 0.1) is 17.2 Å². The summed E-state index contributed by atoms with van der Waals surface area (Å²) in [6.07, 6.45) is 1.73. The van der Waals surface area contributed by atoms with Gasteiger partial charge in [0.25, 0.3) is 0 Å². The lowest BCUT2D eigenvalue weighted by Crippen LogP contribution is -2.37. The van der Waals surface area contributed by atoms with Crippen LogP contribution in [0.15, 0.2) is 23.6 Å². The molecule has 2 aromatic heterocycles. The van der Waals surface area contributed by atoms with Crippen molar-refractivity contribution in [1.29, 1.82) is 0 Å². The van der Waals surface area contributed by atoms with Crippen LogP contribution < -0.4 is 4.90 Å². The highest BCUT2D eigenvalue weighted by Crippen LogP contribution is 2.28. The molecule has 140 valence electrons. The molecular weight excluding hydrogens is 346 g/mol. The molecular formula is C20H27N3O2S. The molecule has 1 aliphatic rings. The zero-order valence-electron chi connectivity index (χ0n) is 16.0. The molecule has 6 heteroatoms. The van der Waals surface area contributed by atoms with Crippen LogP contribution in [0.2, 0.25) is 0 Å². The molecule has 2 aromatic rings. The zero-order chi connectivity index (χ0) is 18.7. The van der Waals surface area contributed by atoms with Crippen molar-refractivity contribution in [3.8, 4) is 0 Å². The summed E-state index contributed by atoms with van der Waals surface area (Å²) < 4.78 is 5.28. The quantitative estimate of drug-likeness (QED) is 0.739. The number of aromatic nitrogens is 2. The van der Waals surface area contributed by atoms with Gasteiger partial charge >= 0.3 is 0 Å². The Bertz CT molecular complexity index is 745. The van der Waals surface area contributed by atoms with E-state index >= 15 is 0 Å². The number of carbonyl (C=O) groups excluding carboxylic acids is 1. The Labute approximate surface area is 159 Å². The summed E-state index contributed by atoms with van der Waals surface area (Å²) in [5.74, 6) is 2.18. The molecule has 3 rings (SSSR count). The van der Waals surface area contributed by atoms with Gasteiger partial charge in [-0.05, 0) is 24.3 Å². The van der Waals surface area contributed by atoms with Gasteiger partial charge in [0.15, 0.2) is 5.78 Å². The lowest BCUT2D eigenvalue weighted by Gasteiger charge is -2.33. The average molecular weight is 374 g/mol. The third-order valence-corrected chi connectivity index (χ3v) is 5.57. The van der Waals surface area contributed by atoms with Gasteiger partial charge in [-0.3, -0.25) is 4.79 Å². The summed E-state index contributed by atoms with van der Waals surface area (Å²) in [5.41, 5.74) is 0.783. The van der Waals surface area contributed by atoms with Gasteiger partial charge in [0.2, 0.25) is 0 Å². The second kappa shape index (κ2) is 7.84. The summed E-state index contributed by atoms with van der Waals surface area (Å²) in [7, 11) is 1.68. The van der Waals surface area contributed by atoms with Crippen LogP contribution in [0.25, 0.3) is 0 Å². The molecule has 1 aliphatic heterocycles. The zero-order valence-corrected chi connectivity index (χ0v) is 16.8. The first-order chi connectivity index (χ1) is 12.4. The Hall–Kier alpha value is -1.79. The molecule has 0 atom stereocenters.